The van der Waals surface area contributed by atoms with E-state index in [2.05, 4.69) is 6.92 Å². The molecule has 0 saturated carbocycles. The molecule has 0 bridgehead atoms. The molecule has 21 heavy (non-hydrogen) atoms. The van der Waals surface area contributed by atoms with Crippen LogP contribution in [0.3, 0.4) is 0 Å². The summed E-state index contributed by atoms with van der Waals surface area (Å²) in [5.41, 5.74) is 4.40. The van der Waals surface area contributed by atoms with Crippen molar-refractivity contribution < 1.29 is 9.53 Å². The van der Waals surface area contributed by atoms with Gasteiger partial charge in [-0.15, -0.1) is 0 Å². The molecule has 2 nitrogen and oxygen atoms in total. The van der Waals surface area contributed by atoms with Crippen LogP contribution in [0.1, 0.15) is 43.7 Å². The Labute approximate surface area is 131 Å². The fraction of sp³-hybridized carbons (Fsp3) is 0.500. The summed E-state index contributed by atoms with van der Waals surface area (Å²) in [6, 6.07) is 5.79. The second-order valence-corrected chi connectivity index (χ2v) is 6.94. The van der Waals surface area contributed by atoms with E-state index in [0.717, 1.165) is 54.2 Å². The first-order valence-corrected chi connectivity index (χ1v) is 7.96. The van der Waals surface area contributed by atoms with E-state index in [-0.39, 0.29) is 11.2 Å². The van der Waals surface area contributed by atoms with Crippen molar-refractivity contribution in [1.29, 1.82) is 0 Å². The number of Topliss-reactive ketones (excluding diaryl/α,β-unsaturated/α-hetero) is 1. The Morgan fingerprint density at radius 1 is 1.14 bits per heavy atom. The van der Waals surface area contributed by atoms with Gasteiger partial charge in [0.1, 0.15) is 0 Å². The number of carbonyl (C=O) groups excluding carboxylic acids is 1. The Morgan fingerprint density at radius 3 is 2.48 bits per heavy atom. The van der Waals surface area contributed by atoms with Crippen LogP contribution in [0.15, 0.2) is 23.8 Å². The third-order valence-electron chi connectivity index (χ3n) is 4.89. The van der Waals surface area contributed by atoms with E-state index in [1.807, 2.05) is 25.1 Å². The molecule has 1 aliphatic heterocycles. The van der Waals surface area contributed by atoms with Gasteiger partial charge in [0, 0.05) is 30.2 Å². The molecule has 0 unspecified atom stereocenters. The van der Waals surface area contributed by atoms with Gasteiger partial charge in [-0.1, -0.05) is 23.2 Å². The van der Waals surface area contributed by atoms with Crippen LogP contribution in [-0.2, 0) is 9.53 Å². The number of carbonyl (C=O) groups is 1. The normalized spacial score (nSPS) is 22.0. The van der Waals surface area contributed by atoms with Crippen molar-refractivity contribution in [2.75, 3.05) is 13.2 Å². The molecule has 1 aromatic carbocycles. The van der Waals surface area contributed by atoms with E-state index in [9.17, 15) is 4.79 Å². The van der Waals surface area contributed by atoms with Gasteiger partial charge in [0.15, 0.2) is 5.78 Å². The van der Waals surface area contributed by atoms with Crippen molar-refractivity contribution in [2.24, 2.45) is 5.41 Å². The number of aryl methyl sites for hydroxylation is 1. The summed E-state index contributed by atoms with van der Waals surface area (Å²) in [5.74, 6) is 0.283. The molecule has 1 heterocycles. The molecule has 0 radical (unpaired) electrons. The van der Waals surface area contributed by atoms with Crippen LogP contribution >= 0.6 is 11.6 Å². The molecule has 0 N–H and O–H groups in total. The number of halogens is 1. The van der Waals surface area contributed by atoms with Gasteiger partial charge in [0.05, 0.1) is 0 Å². The number of benzene rings is 1. The third kappa shape index (κ3) is 2.79. The number of ether oxygens (including phenoxy) is 1. The van der Waals surface area contributed by atoms with Gasteiger partial charge >= 0.3 is 0 Å². The Hall–Kier alpha value is -1.12. The molecular weight excluding hydrogens is 284 g/mol. The van der Waals surface area contributed by atoms with Crippen LogP contribution in [0.5, 0.6) is 0 Å². The predicted molar refractivity (Wildman–Crippen MR) is 85.5 cm³/mol. The molecule has 1 spiro atoms. The topological polar surface area (TPSA) is 26.3 Å². The average Bonchev–Trinajstić information content (AvgIpc) is 2.41. The minimum Gasteiger partial charge on any atom is -0.381 e. The summed E-state index contributed by atoms with van der Waals surface area (Å²) < 4.78 is 5.47. The average molecular weight is 305 g/mol. The minimum atomic E-state index is 0.142. The van der Waals surface area contributed by atoms with E-state index >= 15 is 0 Å². The zero-order valence-electron chi connectivity index (χ0n) is 12.7. The maximum absolute atomic E-state index is 12.8. The molecule has 1 fully saturated rings. The van der Waals surface area contributed by atoms with Gasteiger partial charge in [0.2, 0.25) is 0 Å². The van der Waals surface area contributed by atoms with Crippen molar-refractivity contribution in [3.8, 4) is 0 Å². The van der Waals surface area contributed by atoms with Crippen molar-refractivity contribution >= 4 is 23.0 Å². The van der Waals surface area contributed by atoms with Crippen LogP contribution in [-0.4, -0.2) is 19.0 Å². The first-order valence-electron chi connectivity index (χ1n) is 7.58. The van der Waals surface area contributed by atoms with Gasteiger partial charge < -0.3 is 4.74 Å². The fourth-order valence-corrected chi connectivity index (χ4v) is 4.05. The molecule has 3 heteroatoms. The van der Waals surface area contributed by atoms with Gasteiger partial charge in [-0.05, 0) is 61.8 Å². The van der Waals surface area contributed by atoms with E-state index < -0.39 is 0 Å². The summed E-state index contributed by atoms with van der Waals surface area (Å²) in [6.07, 6.45) is 3.68. The summed E-state index contributed by atoms with van der Waals surface area (Å²) in [5, 5.41) is 0.721. The quantitative estimate of drug-likeness (QED) is 0.759. The summed E-state index contributed by atoms with van der Waals surface area (Å²) >= 11 is 6.03. The summed E-state index contributed by atoms with van der Waals surface area (Å²) in [6.45, 7) is 5.71. The lowest BCUT2D eigenvalue weighted by molar-refractivity contribution is -0.118. The van der Waals surface area contributed by atoms with Gasteiger partial charge in [-0.2, -0.15) is 0 Å². The van der Waals surface area contributed by atoms with Gasteiger partial charge in [-0.25, -0.2) is 0 Å². The zero-order valence-corrected chi connectivity index (χ0v) is 13.4. The molecular formula is C18H21ClO2. The predicted octanol–water partition coefficient (Wildman–Crippen LogP) is 4.58. The molecule has 0 aromatic heterocycles. The largest absolute Gasteiger partial charge is 0.381 e. The third-order valence-corrected chi connectivity index (χ3v) is 5.13. The molecule has 0 amide bonds. The second kappa shape index (κ2) is 5.58. The van der Waals surface area contributed by atoms with Gasteiger partial charge in [-0.3, -0.25) is 4.79 Å². The smallest absolute Gasteiger partial charge is 0.163 e. The molecule has 1 saturated heterocycles. The monoisotopic (exact) mass is 304 g/mol. The van der Waals surface area contributed by atoms with Crippen LogP contribution in [0.4, 0.5) is 0 Å². The number of ketones is 1. The lowest BCUT2D eigenvalue weighted by Crippen LogP contribution is -2.35. The lowest BCUT2D eigenvalue weighted by Gasteiger charge is -2.40. The van der Waals surface area contributed by atoms with Crippen LogP contribution in [0, 0.1) is 12.3 Å². The number of hydrogen-bond donors (Lipinski definition) is 0. The van der Waals surface area contributed by atoms with E-state index in [0.29, 0.717) is 6.42 Å². The Morgan fingerprint density at radius 2 is 1.86 bits per heavy atom. The highest BCUT2D eigenvalue weighted by Crippen LogP contribution is 2.47. The zero-order chi connectivity index (χ0) is 15.0. The van der Waals surface area contributed by atoms with E-state index in [1.54, 1.807) is 0 Å². The number of hydrogen-bond acceptors (Lipinski definition) is 2. The highest BCUT2D eigenvalue weighted by molar-refractivity contribution is 6.31. The molecule has 1 aliphatic carbocycles. The number of rotatable bonds is 1. The SMILES string of the molecule is CC1=C(c2ccc(Cl)cc2C)C(=O)CC2(CCOCC2)C1. The van der Waals surface area contributed by atoms with Crippen molar-refractivity contribution in [3.05, 3.63) is 39.9 Å². The highest BCUT2D eigenvalue weighted by Gasteiger charge is 2.40. The summed E-state index contributed by atoms with van der Waals surface area (Å²) in [4.78, 5) is 12.8. The Kier molecular flexibility index (Phi) is 3.94. The van der Waals surface area contributed by atoms with Crippen molar-refractivity contribution in [2.45, 2.75) is 39.5 Å². The van der Waals surface area contributed by atoms with Crippen LogP contribution < -0.4 is 0 Å². The second-order valence-electron chi connectivity index (χ2n) is 6.50. The maximum atomic E-state index is 12.8. The standard InChI is InChI=1S/C18H21ClO2/c1-12-9-14(19)3-4-15(12)17-13(2)10-18(11-16(17)20)5-7-21-8-6-18/h3-4,9H,5-8,10-11H2,1-2H3. The molecule has 112 valence electrons. The van der Waals surface area contributed by atoms with Crippen LogP contribution in [0.25, 0.3) is 5.57 Å². The maximum Gasteiger partial charge on any atom is 0.163 e. The minimum absolute atomic E-state index is 0.142. The molecule has 3 rings (SSSR count). The Balaban J connectivity index is 1.99. The Bertz CT molecular complexity index is 610. The number of allylic oxidation sites excluding steroid dienone is 2. The van der Waals surface area contributed by atoms with Crippen molar-refractivity contribution in [3.63, 3.8) is 0 Å². The molecule has 2 aliphatic rings. The summed E-state index contributed by atoms with van der Waals surface area (Å²) in [7, 11) is 0. The van der Waals surface area contributed by atoms with Crippen molar-refractivity contribution in [1.82, 2.24) is 0 Å². The van der Waals surface area contributed by atoms with Gasteiger partial charge in [0.25, 0.3) is 0 Å². The highest BCUT2D eigenvalue weighted by atomic mass is 35.5. The molecule has 1 aromatic rings. The lowest BCUT2D eigenvalue weighted by atomic mass is 9.66. The van der Waals surface area contributed by atoms with Crippen LogP contribution in [0.2, 0.25) is 5.02 Å². The van der Waals surface area contributed by atoms with E-state index in [1.165, 1.54) is 5.57 Å². The first-order chi connectivity index (χ1) is 10.0. The first kappa shape index (κ1) is 14.8. The fourth-order valence-electron chi connectivity index (χ4n) is 3.83. The van der Waals surface area contributed by atoms with E-state index in [4.69, 9.17) is 16.3 Å². The molecule has 0 atom stereocenters.